The normalized spacial score (nSPS) is 18.6. The van der Waals surface area contributed by atoms with E-state index in [1.807, 2.05) is 18.2 Å². The number of nitrogens with one attached hydrogen (secondary N) is 3. The fraction of sp³-hybridized carbons (Fsp3) is 0.353. The molecule has 9 heteroatoms. The second-order valence-corrected chi connectivity index (χ2v) is 12.6. The average molecular weight is 602 g/mol. The van der Waals surface area contributed by atoms with E-state index in [-0.39, 0.29) is 36.0 Å². The molecule has 0 heterocycles. The molecule has 1 saturated carbocycles. The van der Waals surface area contributed by atoms with Gasteiger partial charge in [-0.1, -0.05) is 60.1 Å². The molecule has 5 rings (SSSR count). The Kier molecular flexibility index (Phi) is 8.87. The standard InChI is InChI=1S/C34H36ClN3O5/c1-34(2,3)43-33(42)38-28(19-20-11-13-21(35)14-12-20)32(41)37-23-17-15-22(16-18-23)36-27-10-6-9-26-29(27)31(40)25-8-5-4-7-24(25)30(26)39/h4-14,22-23,28,36H,15-19H2,1-3H3,(H,37,41)(H,38,42)/t22?,23?,28-/m0/s1. The van der Waals surface area contributed by atoms with Crippen LogP contribution in [0, 0.1) is 0 Å². The maximum atomic E-state index is 13.4. The highest BCUT2D eigenvalue weighted by Crippen LogP contribution is 2.33. The van der Waals surface area contributed by atoms with E-state index in [1.54, 1.807) is 69.3 Å². The van der Waals surface area contributed by atoms with E-state index in [4.69, 9.17) is 16.3 Å². The van der Waals surface area contributed by atoms with E-state index < -0.39 is 17.7 Å². The van der Waals surface area contributed by atoms with Crippen LogP contribution in [0.15, 0.2) is 66.7 Å². The third kappa shape index (κ3) is 7.25. The van der Waals surface area contributed by atoms with Gasteiger partial charge in [-0.05, 0) is 70.2 Å². The van der Waals surface area contributed by atoms with E-state index in [1.165, 1.54) is 0 Å². The van der Waals surface area contributed by atoms with Crippen LogP contribution in [0.4, 0.5) is 10.5 Å². The number of carbonyl (C=O) groups excluding carboxylic acids is 4. The van der Waals surface area contributed by atoms with Crippen LogP contribution in [-0.2, 0) is 16.0 Å². The van der Waals surface area contributed by atoms with Crippen molar-refractivity contribution < 1.29 is 23.9 Å². The summed E-state index contributed by atoms with van der Waals surface area (Å²) in [5, 5.41) is 9.94. The van der Waals surface area contributed by atoms with E-state index in [0.717, 1.165) is 18.4 Å². The molecule has 0 aromatic heterocycles. The number of ketones is 2. The zero-order chi connectivity index (χ0) is 30.7. The number of rotatable bonds is 7. The lowest BCUT2D eigenvalue weighted by atomic mass is 9.83. The highest BCUT2D eigenvalue weighted by Gasteiger charge is 2.33. The Morgan fingerprint density at radius 1 is 0.837 bits per heavy atom. The highest BCUT2D eigenvalue weighted by atomic mass is 35.5. The maximum Gasteiger partial charge on any atom is 0.408 e. The number of halogens is 1. The minimum absolute atomic E-state index is 0.0709. The minimum Gasteiger partial charge on any atom is -0.444 e. The molecular formula is C34H36ClN3O5. The topological polar surface area (TPSA) is 114 Å². The molecule has 8 nitrogen and oxygen atoms in total. The zero-order valence-corrected chi connectivity index (χ0v) is 25.3. The molecule has 3 N–H and O–H groups in total. The van der Waals surface area contributed by atoms with Crippen LogP contribution in [0.25, 0.3) is 0 Å². The van der Waals surface area contributed by atoms with Gasteiger partial charge in [0.25, 0.3) is 0 Å². The summed E-state index contributed by atoms with van der Waals surface area (Å²) in [5.41, 5.74) is 2.50. The first kappa shape index (κ1) is 30.3. The number of fused-ring (bicyclic) bond motifs is 2. The van der Waals surface area contributed by atoms with Gasteiger partial charge in [0.05, 0.1) is 5.56 Å². The summed E-state index contributed by atoms with van der Waals surface area (Å²) >= 11 is 6.02. The maximum absolute atomic E-state index is 13.4. The fourth-order valence-electron chi connectivity index (χ4n) is 5.68. The smallest absolute Gasteiger partial charge is 0.408 e. The van der Waals surface area contributed by atoms with Crippen molar-refractivity contribution >= 4 is 40.9 Å². The predicted molar refractivity (Wildman–Crippen MR) is 166 cm³/mol. The number of hydrogen-bond acceptors (Lipinski definition) is 6. The first-order chi connectivity index (χ1) is 20.5. The zero-order valence-electron chi connectivity index (χ0n) is 24.5. The number of alkyl carbamates (subject to hydrolysis) is 1. The van der Waals surface area contributed by atoms with Crippen molar-refractivity contribution in [2.24, 2.45) is 0 Å². The van der Waals surface area contributed by atoms with Gasteiger partial charge < -0.3 is 20.7 Å². The molecule has 3 aromatic carbocycles. The monoisotopic (exact) mass is 601 g/mol. The molecule has 0 unspecified atom stereocenters. The van der Waals surface area contributed by atoms with Gasteiger partial charge in [0.15, 0.2) is 11.6 Å². The second kappa shape index (κ2) is 12.6. The molecule has 224 valence electrons. The van der Waals surface area contributed by atoms with E-state index in [9.17, 15) is 19.2 Å². The Bertz CT molecular complexity index is 1540. The second-order valence-electron chi connectivity index (χ2n) is 12.2. The van der Waals surface area contributed by atoms with Crippen molar-refractivity contribution in [3.63, 3.8) is 0 Å². The summed E-state index contributed by atoms with van der Waals surface area (Å²) in [7, 11) is 0. The van der Waals surface area contributed by atoms with Crippen molar-refractivity contribution in [3.05, 3.63) is 99.6 Å². The van der Waals surface area contributed by atoms with Gasteiger partial charge in [-0.15, -0.1) is 0 Å². The molecule has 2 aliphatic rings. The van der Waals surface area contributed by atoms with Crippen molar-refractivity contribution in [1.29, 1.82) is 0 Å². The quantitative estimate of drug-likeness (QED) is 0.236. The van der Waals surface area contributed by atoms with Gasteiger partial charge in [-0.25, -0.2) is 4.79 Å². The lowest BCUT2D eigenvalue weighted by Crippen LogP contribution is -2.52. The Morgan fingerprint density at radius 3 is 2.09 bits per heavy atom. The van der Waals surface area contributed by atoms with E-state index in [0.29, 0.717) is 45.8 Å². The van der Waals surface area contributed by atoms with Gasteiger partial charge in [0, 0.05) is 45.9 Å². The number of ether oxygens (including phenoxy) is 1. The Balaban J connectivity index is 1.22. The molecule has 1 atom stereocenters. The first-order valence-corrected chi connectivity index (χ1v) is 15.0. The molecule has 3 aromatic rings. The third-order valence-electron chi connectivity index (χ3n) is 7.75. The summed E-state index contributed by atoms with van der Waals surface area (Å²) in [5.74, 6) is -0.580. The molecule has 0 radical (unpaired) electrons. The predicted octanol–water partition coefficient (Wildman–Crippen LogP) is 6.09. The van der Waals surface area contributed by atoms with Crippen LogP contribution in [-0.4, -0.2) is 47.3 Å². The lowest BCUT2D eigenvalue weighted by molar-refractivity contribution is -0.124. The van der Waals surface area contributed by atoms with Crippen molar-refractivity contribution in [2.45, 2.75) is 76.6 Å². The van der Waals surface area contributed by atoms with Crippen LogP contribution < -0.4 is 16.0 Å². The molecule has 0 aliphatic heterocycles. The number of anilines is 1. The molecular weight excluding hydrogens is 566 g/mol. The van der Waals surface area contributed by atoms with Gasteiger partial charge in [0.1, 0.15) is 11.6 Å². The summed E-state index contributed by atoms with van der Waals surface area (Å²) in [6.07, 6.45) is 2.58. The van der Waals surface area contributed by atoms with Crippen molar-refractivity contribution in [1.82, 2.24) is 10.6 Å². The Hall–Kier alpha value is -4.17. The largest absolute Gasteiger partial charge is 0.444 e. The molecule has 2 amide bonds. The summed E-state index contributed by atoms with van der Waals surface area (Å²) in [6, 6.07) is 18.6. The van der Waals surface area contributed by atoms with Crippen LogP contribution in [0.2, 0.25) is 5.02 Å². The van der Waals surface area contributed by atoms with Gasteiger partial charge >= 0.3 is 6.09 Å². The number of carbonyl (C=O) groups is 4. The summed E-state index contributed by atoms with van der Waals surface area (Å²) in [6.45, 7) is 5.31. The average Bonchev–Trinajstić information content (AvgIpc) is 2.96. The first-order valence-electron chi connectivity index (χ1n) is 14.6. The fourth-order valence-corrected chi connectivity index (χ4v) is 5.81. The molecule has 0 bridgehead atoms. The summed E-state index contributed by atoms with van der Waals surface area (Å²) in [4.78, 5) is 52.4. The molecule has 1 fully saturated rings. The number of benzene rings is 3. The summed E-state index contributed by atoms with van der Waals surface area (Å²) < 4.78 is 5.40. The molecule has 0 spiro atoms. The van der Waals surface area contributed by atoms with Gasteiger partial charge in [-0.2, -0.15) is 0 Å². The SMILES string of the molecule is CC(C)(C)OC(=O)N[C@@H](Cc1ccc(Cl)cc1)C(=O)NC1CCC(Nc2cccc3c2C(=O)c2ccccc2C3=O)CC1. The third-order valence-corrected chi connectivity index (χ3v) is 8.00. The minimum atomic E-state index is -0.825. The van der Waals surface area contributed by atoms with Crippen LogP contribution in [0.1, 0.15) is 83.9 Å². The van der Waals surface area contributed by atoms with E-state index >= 15 is 0 Å². The Labute approximate surface area is 256 Å². The van der Waals surface area contributed by atoms with Crippen LogP contribution in [0.5, 0.6) is 0 Å². The van der Waals surface area contributed by atoms with Gasteiger partial charge in [-0.3, -0.25) is 14.4 Å². The molecule has 0 saturated heterocycles. The Morgan fingerprint density at radius 2 is 1.44 bits per heavy atom. The van der Waals surface area contributed by atoms with E-state index in [2.05, 4.69) is 16.0 Å². The van der Waals surface area contributed by atoms with Crippen LogP contribution >= 0.6 is 11.6 Å². The van der Waals surface area contributed by atoms with Crippen molar-refractivity contribution in [3.8, 4) is 0 Å². The molecule has 43 heavy (non-hydrogen) atoms. The lowest BCUT2D eigenvalue weighted by Gasteiger charge is -2.32. The van der Waals surface area contributed by atoms with Crippen molar-refractivity contribution in [2.75, 3.05) is 5.32 Å². The number of hydrogen-bond donors (Lipinski definition) is 3. The van der Waals surface area contributed by atoms with Gasteiger partial charge in [0.2, 0.25) is 5.91 Å². The highest BCUT2D eigenvalue weighted by molar-refractivity contribution is 6.30. The number of amides is 2. The van der Waals surface area contributed by atoms with Crippen LogP contribution in [0.3, 0.4) is 0 Å². The molecule has 2 aliphatic carbocycles.